The second-order valence-corrected chi connectivity index (χ2v) is 4.04. The van der Waals surface area contributed by atoms with Crippen LogP contribution in [0.25, 0.3) is 10.9 Å². The number of aromatic carboxylic acids is 1. The lowest BCUT2D eigenvalue weighted by Gasteiger charge is -1.94. The zero-order valence-electron chi connectivity index (χ0n) is 7.04. The normalized spacial score (nSPS) is 10.6. The molecule has 2 aromatic rings. The molecule has 0 amide bonds. The third-order valence-corrected chi connectivity index (χ3v) is 2.92. The molecule has 4 nitrogen and oxygen atoms in total. The monoisotopic (exact) mass is 302 g/mol. The molecule has 0 atom stereocenters. The van der Waals surface area contributed by atoms with Crippen molar-refractivity contribution in [3.8, 4) is 0 Å². The van der Waals surface area contributed by atoms with Gasteiger partial charge in [0.05, 0.1) is 5.69 Å². The third kappa shape index (κ3) is 1.24. The summed E-state index contributed by atoms with van der Waals surface area (Å²) in [6.07, 6.45) is 0. The number of carboxylic acid groups (broad SMARTS) is 1. The molecule has 0 unspecified atom stereocenters. The Kier molecular flexibility index (Phi) is 2.10. The van der Waals surface area contributed by atoms with Crippen molar-refractivity contribution < 1.29 is 9.90 Å². The van der Waals surface area contributed by atoms with Crippen molar-refractivity contribution in [1.29, 1.82) is 0 Å². The molecule has 1 aromatic heterocycles. The van der Waals surface area contributed by atoms with Crippen molar-refractivity contribution >= 4 is 45.2 Å². The number of hydrogen-bond acceptors (Lipinski definition) is 2. The number of nitrogens with two attached hydrogens (primary N) is 1. The van der Waals surface area contributed by atoms with Gasteiger partial charge in [-0.25, -0.2) is 4.79 Å². The SMILES string of the molecule is Nc1c(C(=O)O)[nH]c2cccc(I)c12. The lowest BCUT2D eigenvalue weighted by Crippen LogP contribution is -2.00. The smallest absolute Gasteiger partial charge is 0.354 e. The first-order valence-electron chi connectivity index (χ1n) is 3.90. The van der Waals surface area contributed by atoms with E-state index in [-0.39, 0.29) is 5.69 Å². The van der Waals surface area contributed by atoms with Gasteiger partial charge in [0, 0.05) is 14.5 Å². The Hall–Kier alpha value is -1.24. The van der Waals surface area contributed by atoms with Crippen LogP contribution in [0, 0.1) is 3.57 Å². The largest absolute Gasteiger partial charge is 0.477 e. The number of nitrogen functional groups attached to an aromatic ring is 1. The minimum atomic E-state index is -1.03. The standard InChI is InChI=1S/C9H7IN2O2/c10-4-2-1-3-5-6(4)7(11)8(12-5)9(13)14/h1-3,12H,11H2,(H,13,14). The maximum Gasteiger partial charge on any atom is 0.354 e. The molecule has 0 aliphatic heterocycles. The number of anilines is 1. The first-order chi connectivity index (χ1) is 6.61. The summed E-state index contributed by atoms with van der Waals surface area (Å²) < 4.78 is 0.946. The van der Waals surface area contributed by atoms with Gasteiger partial charge >= 0.3 is 5.97 Å². The number of rotatable bonds is 1. The highest BCUT2D eigenvalue weighted by molar-refractivity contribution is 14.1. The Bertz CT molecular complexity index is 519. The van der Waals surface area contributed by atoms with E-state index < -0.39 is 5.97 Å². The Morgan fingerprint density at radius 3 is 2.79 bits per heavy atom. The fourth-order valence-electron chi connectivity index (χ4n) is 1.40. The first kappa shape index (κ1) is 9.32. The van der Waals surface area contributed by atoms with Gasteiger partial charge in [0.25, 0.3) is 0 Å². The second-order valence-electron chi connectivity index (χ2n) is 2.88. The molecule has 0 fully saturated rings. The number of carbonyl (C=O) groups is 1. The zero-order chi connectivity index (χ0) is 10.3. The van der Waals surface area contributed by atoms with Crippen LogP contribution in [0.4, 0.5) is 5.69 Å². The fraction of sp³-hybridized carbons (Fsp3) is 0. The highest BCUT2D eigenvalue weighted by Gasteiger charge is 2.15. The van der Waals surface area contributed by atoms with Crippen LogP contribution >= 0.6 is 22.6 Å². The van der Waals surface area contributed by atoms with Crippen LogP contribution in [0.15, 0.2) is 18.2 Å². The minimum Gasteiger partial charge on any atom is -0.477 e. The molecule has 0 bridgehead atoms. The second kappa shape index (κ2) is 3.16. The van der Waals surface area contributed by atoms with Gasteiger partial charge in [0.1, 0.15) is 5.69 Å². The van der Waals surface area contributed by atoms with E-state index in [4.69, 9.17) is 10.8 Å². The molecule has 5 heteroatoms. The highest BCUT2D eigenvalue weighted by Crippen LogP contribution is 2.28. The van der Waals surface area contributed by atoms with Gasteiger partial charge in [-0.15, -0.1) is 0 Å². The summed E-state index contributed by atoms with van der Waals surface area (Å²) in [6, 6.07) is 5.55. The van der Waals surface area contributed by atoms with E-state index in [0.29, 0.717) is 5.69 Å². The first-order valence-corrected chi connectivity index (χ1v) is 4.98. The number of fused-ring (bicyclic) bond motifs is 1. The van der Waals surface area contributed by atoms with E-state index in [0.717, 1.165) is 14.5 Å². The molecule has 0 aliphatic rings. The number of halogens is 1. The van der Waals surface area contributed by atoms with E-state index >= 15 is 0 Å². The number of nitrogens with one attached hydrogen (secondary N) is 1. The Balaban J connectivity index is 2.87. The Morgan fingerprint density at radius 2 is 2.21 bits per heavy atom. The fourth-order valence-corrected chi connectivity index (χ4v) is 2.19. The molecule has 0 saturated heterocycles. The Morgan fingerprint density at radius 1 is 1.50 bits per heavy atom. The maximum absolute atomic E-state index is 10.8. The van der Waals surface area contributed by atoms with Crippen molar-refractivity contribution in [2.45, 2.75) is 0 Å². The van der Waals surface area contributed by atoms with Crippen LogP contribution in [0.2, 0.25) is 0 Å². The van der Waals surface area contributed by atoms with Gasteiger partial charge in [-0.1, -0.05) is 6.07 Å². The van der Waals surface area contributed by atoms with Crippen LogP contribution in [0.3, 0.4) is 0 Å². The van der Waals surface area contributed by atoms with Crippen molar-refractivity contribution in [2.24, 2.45) is 0 Å². The molecular weight excluding hydrogens is 295 g/mol. The molecule has 0 spiro atoms. The maximum atomic E-state index is 10.8. The number of carboxylic acids is 1. The van der Waals surface area contributed by atoms with E-state index in [1.165, 1.54) is 0 Å². The van der Waals surface area contributed by atoms with Gasteiger partial charge in [-0.3, -0.25) is 0 Å². The molecule has 72 valence electrons. The number of H-pyrrole nitrogens is 1. The van der Waals surface area contributed by atoms with E-state index in [2.05, 4.69) is 27.6 Å². The van der Waals surface area contributed by atoms with Gasteiger partial charge in [0.2, 0.25) is 0 Å². The number of aromatic nitrogens is 1. The summed E-state index contributed by atoms with van der Waals surface area (Å²) in [4.78, 5) is 13.6. The minimum absolute atomic E-state index is 0.0594. The summed E-state index contributed by atoms with van der Waals surface area (Å²) in [6.45, 7) is 0. The molecule has 14 heavy (non-hydrogen) atoms. The summed E-state index contributed by atoms with van der Waals surface area (Å²) in [5, 5.41) is 9.63. The van der Waals surface area contributed by atoms with Crippen molar-refractivity contribution in [3.63, 3.8) is 0 Å². The van der Waals surface area contributed by atoms with Crippen LogP contribution in [0.5, 0.6) is 0 Å². The third-order valence-electron chi connectivity index (χ3n) is 2.03. The summed E-state index contributed by atoms with van der Waals surface area (Å²) in [5.41, 5.74) is 6.84. The average molecular weight is 302 g/mol. The summed E-state index contributed by atoms with van der Waals surface area (Å²) in [5.74, 6) is -1.03. The lowest BCUT2D eigenvalue weighted by atomic mass is 10.2. The molecule has 2 rings (SSSR count). The number of hydrogen-bond donors (Lipinski definition) is 3. The molecule has 1 aromatic carbocycles. The zero-order valence-corrected chi connectivity index (χ0v) is 9.20. The van der Waals surface area contributed by atoms with Crippen molar-refractivity contribution in [2.75, 3.05) is 5.73 Å². The van der Waals surface area contributed by atoms with Crippen LogP contribution in [-0.2, 0) is 0 Å². The summed E-state index contributed by atoms with van der Waals surface area (Å²) >= 11 is 2.13. The van der Waals surface area contributed by atoms with Crippen LogP contribution in [-0.4, -0.2) is 16.1 Å². The Labute approximate surface area is 93.2 Å². The molecule has 0 saturated carbocycles. The van der Waals surface area contributed by atoms with E-state index in [1.54, 1.807) is 6.07 Å². The van der Waals surface area contributed by atoms with E-state index in [9.17, 15) is 4.79 Å². The topological polar surface area (TPSA) is 79.1 Å². The summed E-state index contributed by atoms with van der Waals surface area (Å²) in [7, 11) is 0. The number of aromatic amines is 1. The number of benzene rings is 1. The quantitative estimate of drug-likeness (QED) is 0.705. The molecule has 1 heterocycles. The van der Waals surface area contributed by atoms with Gasteiger partial charge in [-0.2, -0.15) is 0 Å². The van der Waals surface area contributed by atoms with Gasteiger partial charge in [-0.05, 0) is 34.7 Å². The molecule has 0 radical (unpaired) electrons. The van der Waals surface area contributed by atoms with Crippen LogP contribution < -0.4 is 5.73 Å². The average Bonchev–Trinajstić information content (AvgIpc) is 2.45. The van der Waals surface area contributed by atoms with Crippen molar-refractivity contribution in [3.05, 3.63) is 27.5 Å². The van der Waals surface area contributed by atoms with Crippen LogP contribution in [0.1, 0.15) is 10.5 Å². The van der Waals surface area contributed by atoms with Gasteiger partial charge < -0.3 is 15.8 Å². The molecular formula is C9H7IN2O2. The van der Waals surface area contributed by atoms with E-state index in [1.807, 2.05) is 12.1 Å². The molecule has 0 aliphatic carbocycles. The predicted octanol–water partition coefficient (Wildman–Crippen LogP) is 2.05. The highest BCUT2D eigenvalue weighted by atomic mass is 127. The lowest BCUT2D eigenvalue weighted by molar-refractivity contribution is 0.0692. The predicted molar refractivity (Wildman–Crippen MR) is 62.4 cm³/mol. The van der Waals surface area contributed by atoms with Gasteiger partial charge in [0.15, 0.2) is 0 Å². The van der Waals surface area contributed by atoms with Crippen molar-refractivity contribution in [1.82, 2.24) is 4.98 Å². The molecule has 4 N–H and O–H groups in total.